The number of oxazole rings is 1. The number of hydrogen-bond donors (Lipinski definition) is 3. The van der Waals surface area contributed by atoms with Gasteiger partial charge in [0.05, 0.1) is 41.7 Å². The van der Waals surface area contributed by atoms with Crippen molar-refractivity contribution in [1.82, 2.24) is 34.6 Å². The van der Waals surface area contributed by atoms with Gasteiger partial charge in [-0.3, -0.25) is 29.2 Å². The van der Waals surface area contributed by atoms with Crippen LogP contribution in [0.1, 0.15) is 41.3 Å². The van der Waals surface area contributed by atoms with Crippen molar-refractivity contribution in [2.45, 2.75) is 51.2 Å². The lowest BCUT2D eigenvalue weighted by molar-refractivity contribution is -0.136. The first-order valence-corrected chi connectivity index (χ1v) is 20.4. The van der Waals surface area contributed by atoms with E-state index in [0.29, 0.717) is 86.6 Å². The number of anilines is 5. The molecule has 0 bridgehead atoms. The van der Waals surface area contributed by atoms with Crippen LogP contribution in [0.5, 0.6) is 5.88 Å². The number of halogens is 1. The highest BCUT2D eigenvalue weighted by atomic mass is 19.1. The lowest BCUT2D eigenvalue weighted by Crippen LogP contribution is -2.63. The molecule has 310 valence electrons. The number of imide groups is 1. The number of rotatable bonds is 8. The van der Waals surface area contributed by atoms with Gasteiger partial charge in [0.1, 0.15) is 24.2 Å². The van der Waals surface area contributed by atoms with Gasteiger partial charge >= 0.3 is 5.76 Å². The second-order valence-electron chi connectivity index (χ2n) is 16.0. The summed E-state index contributed by atoms with van der Waals surface area (Å²) in [6.45, 7) is 8.66. The number of ether oxygens (including phenoxy) is 1. The van der Waals surface area contributed by atoms with Crippen LogP contribution in [0.15, 0.2) is 58.0 Å². The van der Waals surface area contributed by atoms with E-state index in [-0.39, 0.29) is 37.1 Å². The number of aromatic nitrogens is 4. The van der Waals surface area contributed by atoms with Crippen molar-refractivity contribution in [3.63, 3.8) is 0 Å². The lowest BCUT2D eigenvalue weighted by Gasteiger charge is -2.49. The van der Waals surface area contributed by atoms with Crippen molar-refractivity contribution in [1.29, 1.82) is 0 Å². The van der Waals surface area contributed by atoms with Crippen LogP contribution < -0.4 is 36.2 Å². The summed E-state index contributed by atoms with van der Waals surface area (Å²) in [4.78, 5) is 72.9. The van der Waals surface area contributed by atoms with Gasteiger partial charge in [0.2, 0.25) is 29.5 Å². The molecular weight excluding hydrogens is 774 g/mol. The number of hydrogen-bond acceptors (Lipinski definition) is 14. The molecule has 0 saturated carbocycles. The lowest BCUT2D eigenvalue weighted by atomic mass is 10.0. The average Bonchev–Trinajstić information content (AvgIpc) is 3.57. The van der Waals surface area contributed by atoms with Crippen LogP contribution in [0, 0.1) is 12.7 Å². The molecule has 5 aromatic rings. The highest BCUT2D eigenvalue weighted by molar-refractivity contribution is 6.00. The number of benzene rings is 2. The normalized spacial score (nSPS) is 19.6. The van der Waals surface area contributed by atoms with Gasteiger partial charge in [0.15, 0.2) is 5.58 Å². The highest BCUT2D eigenvalue weighted by Crippen LogP contribution is 2.37. The minimum absolute atomic E-state index is 0.0409. The Morgan fingerprint density at radius 3 is 2.65 bits per heavy atom. The quantitative estimate of drug-likeness (QED) is 0.194. The number of pyridine rings is 1. The van der Waals surface area contributed by atoms with Crippen LogP contribution in [0.25, 0.3) is 11.1 Å². The van der Waals surface area contributed by atoms with Gasteiger partial charge in [-0.25, -0.2) is 24.1 Å². The molecule has 3 saturated heterocycles. The minimum atomic E-state index is -0.805. The van der Waals surface area contributed by atoms with Gasteiger partial charge in [0, 0.05) is 82.3 Å². The van der Waals surface area contributed by atoms with Crippen molar-refractivity contribution >= 4 is 57.5 Å². The zero-order valence-corrected chi connectivity index (χ0v) is 33.1. The zero-order valence-electron chi connectivity index (χ0n) is 33.1. The molecule has 0 radical (unpaired) electrons. The topological polar surface area (TPSA) is 183 Å². The number of fused-ring (bicyclic) bond motifs is 3. The van der Waals surface area contributed by atoms with E-state index in [1.54, 1.807) is 23.1 Å². The molecule has 3 N–H and O–H groups in total. The fraction of sp³-hybridized carbons (Fsp3) is 0.405. The minimum Gasteiger partial charge on any atom is -0.474 e. The summed E-state index contributed by atoms with van der Waals surface area (Å²) in [5.41, 5.74) is 7.52. The Hall–Kier alpha value is -6.56. The maximum absolute atomic E-state index is 15.4. The molecule has 2 aromatic carbocycles. The monoisotopic (exact) mass is 817 g/mol. The van der Waals surface area contributed by atoms with Gasteiger partial charge in [-0.15, -0.1) is 0 Å². The Kier molecular flexibility index (Phi) is 9.57. The van der Waals surface area contributed by atoms with Gasteiger partial charge in [-0.1, -0.05) is 12.1 Å². The largest absolute Gasteiger partial charge is 0.474 e. The first-order valence-electron chi connectivity index (χ1n) is 20.4. The van der Waals surface area contributed by atoms with E-state index in [0.717, 1.165) is 53.4 Å². The van der Waals surface area contributed by atoms with Crippen LogP contribution in [0.4, 0.5) is 33.1 Å². The summed E-state index contributed by atoms with van der Waals surface area (Å²) in [6.07, 6.45) is 4.81. The van der Waals surface area contributed by atoms with Crippen LogP contribution in [0.2, 0.25) is 0 Å². The number of amides is 3. The van der Waals surface area contributed by atoms with Gasteiger partial charge in [-0.2, -0.15) is 0 Å². The summed E-state index contributed by atoms with van der Waals surface area (Å²) < 4.78 is 28.2. The Bertz CT molecular complexity index is 2600. The zero-order chi connectivity index (χ0) is 41.1. The molecule has 60 heavy (non-hydrogen) atoms. The number of nitrogens with one attached hydrogen (secondary N) is 3. The van der Waals surface area contributed by atoms with Crippen LogP contribution in [-0.2, 0) is 33.8 Å². The fourth-order valence-corrected chi connectivity index (χ4v) is 9.01. The van der Waals surface area contributed by atoms with Crippen molar-refractivity contribution < 1.29 is 27.9 Å². The molecule has 1 atom stereocenters. The van der Waals surface area contributed by atoms with Crippen molar-refractivity contribution in [3.8, 4) is 5.88 Å². The predicted octanol–water partition coefficient (Wildman–Crippen LogP) is 2.89. The molecule has 1 unspecified atom stereocenters. The van der Waals surface area contributed by atoms with Gasteiger partial charge < -0.3 is 34.5 Å². The molecule has 10 rings (SSSR count). The van der Waals surface area contributed by atoms with Gasteiger partial charge in [0.25, 0.3) is 0 Å². The third-order valence-corrected chi connectivity index (χ3v) is 12.4. The van der Waals surface area contributed by atoms with E-state index in [4.69, 9.17) is 14.1 Å². The summed E-state index contributed by atoms with van der Waals surface area (Å²) >= 11 is 0. The number of para-hydroxylation sites is 1. The second-order valence-corrected chi connectivity index (χ2v) is 16.0. The SMILES string of the molecule is Cc1c(N2CCc3cnc(Nc4ccc(CC(=O)N5CCN(C6CN(c7cccc8c7oc(=O)n8C7CCC(=O)NC7=O)C6)CC5)c(F)c4)nc3C2)cnc2c1NCCO2. The molecule has 0 aliphatic carbocycles. The predicted molar refractivity (Wildman–Crippen MR) is 219 cm³/mol. The standard InChI is InChI=1S/C42H44FN11O6/c1-24-34(20-45-40-37(24)44-10-16-59-40)52-11-9-26-19-46-41(48-30(26)23-52)47-27-6-5-25(29(43)18-27)17-36(56)51-14-12-50(13-15-51)28-21-53(22-28)31-3-2-4-32-38(31)60-42(58)54(32)33-7-8-35(55)49-39(33)57/h2-6,18-20,28,33,44H,7-17,21-23H2,1H3,(H,46,47,48)(H,49,55,57). The number of carbonyl (C=O) groups is 3. The Morgan fingerprint density at radius 1 is 0.983 bits per heavy atom. The first-order chi connectivity index (χ1) is 29.2. The van der Waals surface area contributed by atoms with Crippen LogP contribution in [0.3, 0.4) is 0 Å². The van der Waals surface area contributed by atoms with Crippen LogP contribution >= 0.6 is 0 Å². The number of piperidine rings is 1. The molecule has 0 spiro atoms. The molecule has 5 aliphatic rings. The van der Waals surface area contributed by atoms with E-state index >= 15 is 4.39 Å². The summed E-state index contributed by atoms with van der Waals surface area (Å²) in [5.74, 6) is -1.09. The van der Waals surface area contributed by atoms with Gasteiger partial charge in [-0.05, 0) is 55.2 Å². The van der Waals surface area contributed by atoms with E-state index in [1.807, 2.05) is 24.5 Å². The van der Waals surface area contributed by atoms with Crippen LogP contribution in [-0.4, -0.2) is 112 Å². The summed E-state index contributed by atoms with van der Waals surface area (Å²) in [7, 11) is 0. The van der Waals surface area contributed by atoms with E-state index < -0.39 is 23.5 Å². The maximum Gasteiger partial charge on any atom is 0.420 e. The van der Waals surface area contributed by atoms with E-state index in [9.17, 15) is 19.2 Å². The summed E-state index contributed by atoms with van der Waals surface area (Å²) in [5, 5.41) is 8.86. The third kappa shape index (κ3) is 6.93. The number of carbonyl (C=O) groups excluding carboxylic acids is 3. The molecule has 5 aliphatic heterocycles. The first kappa shape index (κ1) is 37.7. The molecule has 3 aromatic heterocycles. The van der Waals surface area contributed by atoms with E-state index in [1.165, 1.54) is 10.6 Å². The Labute approximate surface area is 343 Å². The van der Waals surface area contributed by atoms with Crippen molar-refractivity contribution in [2.24, 2.45) is 0 Å². The molecule has 8 heterocycles. The molecule has 3 amide bonds. The maximum atomic E-state index is 15.4. The molecule has 17 nitrogen and oxygen atoms in total. The van der Waals surface area contributed by atoms with E-state index in [2.05, 4.69) is 47.5 Å². The third-order valence-electron chi connectivity index (χ3n) is 12.4. The Morgan fingerprint density at radius 2 is 1.83 bits per heavy atom. The van der Waals surface area contributed by atoms with Crippen molar-refractivity contribution in [3.05, 3.63) is 87.5 Å². The molecule has 3 fully saturated rings. The summed E-state index contributed by atoms with van der Waals surface area (Å²) in [6, 6.07) is 9.69. The molecular formula is C42H44FN11O6. The smallest absolute Gasteiger partial charge is 0.420 e. The number of piperazine rings is 1. The molecule has 18 heteroatoms. The average molecular weight is 818 g/mol. The number of nitrogens with zero attached hydrogens (tertiary/aromatic N) is 8. The highest BCUT2D eigenvalue weighted by Gasteiger charge is 2.37. The Balaban J connectivity index is 0.721. The van der Waals surface area contributed by atoms with Crippen molar-refractivity contribution in [2.75, 3.05) is 79.4 Å². The second kappa shape index (κ2) is 15.2. The fourth-order valence-electron chi connectivity index (χ4n) is 9.01.